The molecule has 25 heavy (non-hydrogen) atoms. The largest absolute Gasteiger partial charge is 0.383 e. The highest BCUT2D eigenvalue weighted by molar-refractivity contribution is 6.30. The number of oxime groups is 1. The van der Waals surface area contributed by atoms with E-state index in [0.29, 0.717) is 5.02 Å². The van der Waals surface area contributed by atoms with Crippen molar-refractivity contribution in [2.24, 2.45) is 5.16 Å². The van der Waals surface area contributed by atoms with Gasteiger partial charge in [0.15, 0.2) is 6.10 Å². The van der Waals surface area contributed by atoms with Crippen molar-refractivity contribution >= 4 is 23.9 Å². The van der Waals surface area contributed by atoms with Gasteiger partial charge >= 0.3 is 0 Å². The zero-order chi connectivity index (χ0) is 17.3. The molecule has 0 radical (unpaired) electrons. The number of halogens is 1. The maximum Gasteiger partial charge on any atom is 0.171 e. The number of rotatable bonds is 6. The topological polar surface area (TPSA) is 21.6 Å². The first-order chi connectivity index (χ1) is 12.3. The Bertz CT molecular complexity index is 827. The first-order valence-corrected chi connectivity index (χ1v) is 8.42. The number of nitrogens with zero attached hydrogens (tertiary/aromatic N) is 1. The van der Waals surface area contributed by atoms with Crippen LogP contribution in [0.1, 0.15) is 22.8 Å². The van der Waals surface area contributed by atoms with Gasteiger partial charge in [-0.1, -0.05) is 95.6 Å². The van der Waals surface area contributed by atoms with E-state index in [-0.39, 0.29) is 6.10 Å². The van der Waals surface area contributed by atoms with Crippen molar-refractivity contribution in [3.8, 4) is 0 Å². The summed E-state index contributed by atoms with van der Waals surface area (Å²) >= 11 is 5.89. The molecule has 0 aromatic heterocycles. The molecule has 0 saturated carbocycles. The van der Waals surface area contributed by atoms with E-state index in [4.69, 9.17) is 16.4 Å². The second-order valence-electron chi connectivity index (χ2n) is 5.49. The smallest absolute Gasteiger partial charge is 0.171 e. The summed E-state index contributed by atoms with van der Waals surface area (Å²) in [7, 11) is 0. The lowest BCUT2D eigenvalue weighted by atomic mass is 10.1. The van der Waals surface area contributed by atoms with Gasteiger partial charge in [-0.2, -0.15) is 0 Å². The Balaban J connectivity index is 1.74. The van der Waals surface area contributed by atoms with Crippen molar-refractivity contribution in [1.82, 2.24) is 0 Å². The number of benzene rings is 3. The van der Waals surface area contributed by atoms with Crippen LogP contribution in [-0.4, -0.2) is 6.21 Å². The highest BCUT2D eigenvalue weighted by Gasteiger charge is 2.08. The van der Waals surface area contributed by atoms with Crippen molar-refractivity contribution in [2.45, 2.75) is 6.10 Å². The van der Waals surface area contributed by atoms with Crippen LogP contribution in [0.3, 0.4) is 0 Å². The molecule has 0 aliphatic heterocycles. The average molecular weight is 348 g/mol. The van der Waals surface area contributed by atoms with Gasteiger partial charge in [-0.3, -0.25) is 0 Å². The second kappa shape index (κ2) is 8.86. The van der Waals surface area contributed by atoms with Crippen LogP contribution in [0.2, 0.25) is 5.02 Å². The van der Waals surface area contributed by atoms with Crippen molar-refractivity contribution in [1.29, 1.82) is 0 Å². The Kier molecular flexibility index (Phi) is 6.02. The van der Waals surface area contributed by atoms with E-state index >= 15 is 0 Å². The van der Waals surface area contributed by atoms with Crippen LogP contribution in [0.15, 0.2) is 96.2 Å². The van der Waals surface area contributed by atoms with Crippen molar-refractivity contribution in [3.63, 3.8) is 0 Å². The molecule has 1 unspecified atom stereocenters. The van der Waals surface area contributed by atoms with Crippen LogP contribution in [0.5, 0.6) is 0 Å². The summed E-state index contributed by atoms with van der Waals surface area (Å²) in [5.74, 6) is 0. The Hall–Kier alpha value is -2.84. The van der Waals surface area contributed by atoms with E-state index in [2.05, 4.69) is 17.3 Å². The summed E-state index contributed by atoms with van der Waals surface area (Å²) in [6, 6.07) is 27.6. The van der Waals surface area contributed by atoms with Gasteiger partial charge in [0.05, 0.1) is 6.21 Å². The first kappa shape index (κ1) is 17.0. The highest BCUT2D eigenvalue weighted by Crippen LogP contribution is 2.20. The van der Waals surface area contributed by atoms with Crippen LogP contribution in [0, 0.1) is 0 Å². The molecule has 1 atom stereocenters. The monoisotopic (exact) mass is 347 g/mol. The van der Waals surface area contributed by atoms with Crippen LogP contribution in [0.25, 0.3) is 6.08 Å². The third-order valence-corrected chi connectivity index (χ3v) is 3.89. The third kappa shape index (κ3) is 5.33. The molecule has 3 heteroatoms. The maximum absolute atomic E-state index is 5.89. The van der Waals surface area contributed by atoms with E-state index in [9.17, 15) is 0 Å². The Morgan fingerprint density at radius 3 is 2.08 bits per heavy atom. The highest BCUT2D eigenvalue weighted by atomic mass is 35.5. The first-order valence-electron chi connectivity index (χ1n) is 8.04. The van der Waals surface area contributed by atoms with Gasteiger partial charge in [0, 0.05) is 5.02 Å². The molecule has 0 saturated heterocycles. The quantitative estimate of drug-likeness (QED) is 0.387. The lowest BCUT2D eigenvalue weighted by Gasteiger charge is -2.11. The predicted octanol–water partition coefficient (Wildman–Crippen LogP) is 6.15. The van der Waals surface area contributed by atoms with Crippen LogP contribution in [0.4, 0.5) is 0 Å². The normalized spacial score (nSPS) is 12.5. The van der Waals surface area contributed by atoms with Gasteiger partial charge in [0.1, 0.15) is 0 Å². The van der Waals surface area contributed by atoms with Crippen LogP contribution < -0.4 is 0 Å². The van der Waals surface area contributed by atoms with E-state index < -0.39 is 0 Å². The molecule has 0 amide bonds. The van der Waals surface area contributed by atoms with Gasteiger partial charge < -0.3 is 4.84 Å². The minimum Gasteiger partial charge on any atom is -0.383 e. The second-order valence-corrected chi connectivity index (χ2v) is 5.93. The summed E-state index contributed by atoms with van der Waals surface area (Å²) in [5, 5.41) is 4.84. The molecule has 0 bridgehead atoms. The van der Waals surface area contributed by atoms with Gasteiger partial charge in [-0.25, -0.2) is 0 Å². The molecule has 0 N–H and O–H groups in total. The Morgan fingerprint density at radius 1 is 0.760 bits per heavy atom. The molecule has 0 aliphatic rings. The summed E-state index contributed by atoms with van der Waals surface area (Å²) in [6.07, 6.45) is 5.46. The molecule has 2 nitrogen and oxygen atoms in total. The molecule has 0 fully saturated rings. The van der Waals surface area contributed by atoms with Crippen LogP contribution in [-0.2, 0) is 4.84 Å². The summed E-state index contributed by atoms with van der Waals surface area (Å²) in [6.45, 7) is 0. The molecule has 0 spiro atoms. The van der Waals surface area contributed by atoms with Crippen LogP contribution >= 0.6 is 11.6 Å². The maximum atomic E-state index is 5.89. The molecule has 0 heterocycles. The minimum absolute atomic E-state index is 0.259. The Morgan fingerprint density at radius 2 is 1.40 bits per heavy atom. The van der Waals surface area contributed by atoms with Crippen molar-refractivity contribution < 1.29 is 4.84 Å². The lowest BCUT2D eigenvalue weighted by Crippen LogP contribution is -1.97. The SMILES string of the molecule is Clc1ccc(/C=N/OC(/C=C/c2ccccc2)c2ccccc2)cc1. The predicted molar refractivity (Wildman–Crippen MR) is 105 cm³/mol. The van der Waals surface area contributed by atoms with Gasteiger partial charge in [-0.15, -0.1) is 0 Å². The molecular weight excluding hydrogens is 330 g/mol. The lowest BCUT2D eigenvalue weighted by molar-refractivity contribution is 0.0948. The molecule has 3 rings (SSSR count). The summed E-state index contributed by atoms with van der Waals surface area (Å²) in [5.41, 5.74) is 3.10. The van der Waals surface area contributed by atoms with E-state index in [0.717, 1.165) is 16.7 Å². The fourth-order valence-electron chi connectivity index (χ4n) is 2.32. The fraction of sp³-hybridized carbons (Fsp3) is 0.0455. The third-order valence-electron chi connectivity index (χ3n) is 3.64. The molecular formula is C22H18ClNO. The van der Waals surface area contributed by atoms with Crippen molar-refractivity contribution in [3.05, 3.63) is 113 Å². The van der Waals surface area contributed by atoms with E-state index in [1.807, 2.05) is 84.9 Å². The average Bonchev–Trinajstić information content (AvgIpc) is 2.67. The van der Waals surface area contributed by atoms with Gasteiger partial charge in [0.25, 0.3) is 0 Å². The Labute approximate surface area is 153 Å². The van der Waals surface area contributed by atoms with Gasteiger partial charge in [-0.05, 0) is 34.9 Å². The molecule has 3 aromatic carbocycles. The summed E-state index contributed by atoms with van der Waals surface area (Å²) < 4.78 is 0. The van der Waals surface area contributed by atoms with E-state index in [1.54, 1.807) is 6.21 Å². The molecule has 0 aliphatic carbocycles. The zero-order valence-electron chi connectivity index (χ0n) is 13.6. The molecule has 3 aromatic rings. The van der Waals surface area contributed by atoms with Crippen molar-refractivity contribution in [2.75, 3.05) is 0 Å². The van der Waals surface area contributed by atoms with E-state index in [1.165, 1.54) is 0 Å². The fourth-order valence-corrected chi connectivity index (χ4v) is 2.44. The number of hydrogen-bond acceptors (Lipinski definition) is 2. The minimum atomic E-state index is -0.259. The standard InChI is InChI=1S/C22H18ClNO/c23-21-14-11-19(12-15-21)17-24-25-22(20-9-5-2-6-10-20)16-13-18-7-3-1-4-8-18/h1-17,22H/b16-13+,24-17+. The number of hydrogen-bond donors (Lipinski definition) is 0. The van der Waals surface area contributed by atoms with Gasteiger partial charge in [0.2, 0.25) is 0 Å². The molecule has 124 valence electrons. The zero-order valence-corrected chi connectivity index (χ0v) is 14.4. The summed E-state index contributed by atoms with van der Waals surface area (Å²) in [4.78, 5) is 5.73.